The molecule has 0 bridgehead atoms. The van der Waals surface area contributed by atoms with Gasteiger partial charge in [-0.1, -0.05) is 6.42 Å². The Labute approximate surface area is 77.6 Å². The van der Waals surface area contributed by atoms with Crippen molar-refractivity contribution in [2.45, 2.75) is 25.3 Å². The van der Waals surface area contributed by atoms with E-state index in [0.29, 0.717) is 6.04 Å². The summed E-state index contributed by atoms with van der Waals surface area (Å²) in [4.78, 5) is 0. The van der Waals surface area contributed by atoms with Crippen LogP contribution >= 0.6 is 0 Å². The van der Waals surface area contributed by atoms with Gasteiger partial charge in [0.05, 0.1) is 0 Å². The van der Waals surface area contributed by atoms with Gasteiger partial charge >= 0.3 is 0 Å². The van der Waals surface area contributed by atoms with E-state index in [1.165, 1.54) is 19.3 Å². The minimum atomic E-state index is 0.699. The van der Waals surface area contributed by atoms with Crippen LogP contribution in [0.2, 0.25) is 0 Å². The highest BCUT2D eigenvalue weighted by Crippen LogP contribution is 2.52. The molecule has 1 aromatic rings. The molecular weight excluding hydrogens is 162 g/mol. The largest absolute Gasteiger partial charge is 0.365 e. The average molecular weight is 175 g/mol. The highest BCUT2D eigenvalue weighted by molar-refractivity contribution is 5.37. The Kier molecular flexibility index (Phi) is 1.51. The monoisotopic (exact) mass is 175 g/mol. The van der Waals surface area contributed by atoms with Crippen LogP contribution in [0.4, 0.5) is 5.82 Å². The number of fused-ring (bicyclic) bond motifs is 1. The van der Waals surface area contributed by atoms with Gasteiger partial charge in [-0.25, -0.2) is 0 Å². The van der Waals surface area contributed by atoms with E-state index >= 15 is 0 Å². The fourth-order valence-corrected chi connectivity index (χ4v) is 2.58. The molecule has 0 spiro atoms. The first kappa shape index (κ1) is 7.30. The standard InChI is InChI=1S/C10H13N3/c1-3-7-8(4-1)10(7)12-9-5-2-6-11-13-9/h2,5-8,10H,1,3-4H2,(H,12,13). The zero-order chi connectivity index (χ0) is 8.67. The van der Waals surface area contributed by atoms with Crippen molar-refractivity contribution >= 4 is 5.82 Å². The first-order chi connectivity index (χ1) is 6.45. The molecule has 0 aromatic carbocycles. The second-order valence-corrected chi connectivity index (χ2v) is 4.04. The van der Waals surface area contributed by atoms with E-state index < -0.39 is 0 Å². The number of aromatic nitrogens is 2. The molecule has 1 heterocycles. The maximum absolute atomic E-state index is 4.03. The van der Waals surface area contributed by atoms with Crippen molar-refractivity contribution in [1.82, 2.24) is 10.2 Å². The summed E-state index contributed by atoms with van der Waals surface area (Å²) in [5, 5.41) is 11.3. The van der Waals surface area contributed by atoms with Gasteiger partial charge in [-0.3, -0.25) is 0 Å². The predicted octanol–water partition coefficient (Wildman–Crippen LogP) is 1.69. The van der Waals surface area contributed by atoms with Gasteiger partial charge in [0, 0.05) is 12.2 Å². The minimum Gasteiger partial charge on any atom is -0.365 e. The Morgan fingerprint density at radius 3 is 2.85 bits per heavy atom. The molecule has 0 radical (unpaired) electrons. The van der Waals surface area contributed by atoms with E-state index in [2.05, 4.69) is 15.5 Å². The molecule has 2 fully saturated rings. The lowest BCUT2D eigenvalue weighted by atomic mass is 10.2. The summed E-state index contributed by atoms with van der Waals surface area (Å²) in [6.07, 6.45) is 5.94. The van der Waals surface area contributed by atoms with Crippen LogP contribution < -0.4 is 5.32 Å². The zero-order valence-electron chi connectivity index (χ0n) is 7.48. The molecule has 2 aliphatic carbocycles. The summed E-state index contributed by atoms with van der Waals surface area (Å²) < 4.78 is 0. The second-order valence-electron chi connectivity index (χ2n) is 4.04. The van der Waals surface area contributed by atoms with Crippen LogP contribution in [0.25, 0.3) is 0 Å². The lowest BCUT2D eigenvalue weighted by Gasteiger charge is -2.05. The molecule has 68 valence electrons. The topological polar surface area (TPSA) is 37.8 Å². The first-order valence-corrected chi connectivity index (χ1v) is 4.99. The van der Waals surface area contributed by atoms with E-state index in [9.17, 15) is 0 Å². The molecule has 1 aromatic heterocycles. The number of nitrogens with one attached hydrogen (secondary N) is 1. The van der Waals surface area contributed by atoms with Crippen molar-refractivity contribution < 1.29 is 0 Å². The summed E-state index contributed by atoms with van der Waals surface area (Å²) in [7, 11) is 0. The Morgan fingerprint density at radius 2 is 2.15 bits per heavy atom. The van der Waals surface area contributed by atoms with E-state index in [-0.39, 0.29) is 0 Å². The van der Waals surface area contributed by atoms with Crippen LogP contribution in [-0.2, 0) is 0 Å². The second kappa shape index (κ2) is 2.69. The van der Waals surface area contributed by atoms with Crippen LogP contribution in [0, 0.1) is 11.8 Å². The SMILES string of the molecule is c1cnnc(NC2C3CCCC32)c1. The van der Waals surface area contributed by atoms with Crippen LogP contribution in [0.1, 0.15) is 19.3 Å². The molecular formula is C10H13N3. The molecule has 0 amide bonds. The van der Waals surface area contributed by atoms with Gasteiger partial charge in [-0.2, -0.15) is 5.10 Å². The minimum absolute atomic E-state index is 0.699. The molecule has 3 nitrogen and oxygen atoms in total. The lowest BCUT2D eigenvalue weighted by molar-refractivity contribution is 0.693. The van der Waals surface area contributed by atoms with Gasteiger partial charge in [0.2, 0.25) is 0 Å². The smallest absolute Gasteiger partial charge is 0.148 e. The van der Waals surface area contributed by atoms with Gasteiger partial charge in [0.1, 0.15) is 5.82 Å². The number of anilines is 1. The molecule has 2 atom stereocenters. The predicted molar refractivity (Wildman–Crippen MR) is 50.3 cm³/mol. The van der Waals surface area contributed by atoms with Gasteiger partial charge in [0.25, 0.3) is 0 Å². The molecule has 2 saturated carbocycles. The molecule has 3 rings (SSSR count). The highest BCUT2D eigenvalue weighted by Gasteiger charge is 2.52. The van der Waals surface area contributed by atoms with Crippen molar-refractivity contribution in [1.29, 1.82) is 0 Å². The van der Waals surface area contributed by atoms with Crippen molar-refractivity contribution in [3.8, 4) is 0 Å². The summed E-state index contributed by atoms with van der Waals surface area (Å²) in [6, 6.07) is 4.61. The first-order valence-electron chi connectivity index (χ1n) is 4.99. The average Bonchev–Trinajstić information content (AvgIpc) is 2.65. The van der Waals surface area contributed by atoms with Crippen LogP contribution in [-0.4, -0.2) is 16.2 Å². The van der Waals surface area contributed by atoms with Crippen LogP contribution in [0.5, 0.6) is 0 Å². The Morgan fingerprint density at radius 1 is 1.31 bits per heavy atom. The van der Waals surface area contributed by atoms with Gasteiger partial charge < -0.3 is 5.32 Å². The van der Waals surface area contributed by atoms with Crippen molar-refractivity contribution in [2.24, 2.45) is 11.8 Å². The summed E-state index contributed by atoms with van der Waals surface area (Å²) in [5.74, 6) is 2.80. The Bertz CT molecular complexity index is 288. The van der Waals surface area contributed by atoms with Gasteiger partial charge in [-0.15, -0.1) is 5.10 Å². The van der Waals surface area contributed by atoms with Gasteiger partial charge in [0.15, 0.2) is 0 Å². The maximum Gasteiger partial charge on any atom is 0.148 e. The lowest BCUT2D eigenvalue weighted by Crippen LogP contribution is -2.09. The normalized spacial score (nSPS) is 35.5. The summed E-state index contributed by atoms with van der Waals surface area (Å²) in [6.45, 7) is 0. The van der Waals surface area contributed by atoms with Crippen molar-refractivity contribution in [2.75, 3.05) is 5.32 Å². The molecule has 0 aliphatic heterocycles. The molecule has 2 aliphatic rings. The Balaban J connectivity index is 1.66. The zero-order valence-corrected chi connectivity index (χ0v) is 7.48. The fraction of sp³-hybridized carbons (Fsp3) is 0.600. The number of hydrogen-bond acceptors (Lipinski definition) is 3. The number of rotatable bonds is 2. The molecule has 2 unspecified atom stereocenters. The molecule has 1 N–H and O–H groups in total. The Hall–Kier alpha value is -1.12. The third-order valence-corrected chi connectivity index (χ3v) is 3.29. The van der Waals surface area contributed by atoms with E-state index in [0.717, 1.165) is 17.7 Å². The highest BCUT2D eigenvalue weighted by atomic mass is 15.2. The third kappa shape index (κ3) is 1.19. The fourth-order valence-electron chi connectivity index (χ4n) is 2.58. The third-order valence-electron chi connectivity index (χ3n) is 3.29. The number of hydrogen-bond donors (Lipinski definition) is 1. The van der Waals surface area contributed by atoms with Crippen molar-refractivity contribution in [3.05, 3.63) is 18.3 Å². The summed E-state index contributed by atoms with van der Waals surface area (Å²) >= 11 is 0. The van der Waals surface area contributed by atoms with Crippen molar-refractivity contribution in [3.63, 3.8) is 0 Å². The maximum atomic E-state index is 4.03. The molecule has 3 heteroatoms. The van der Waals surface area contributed by atoms with Gasteiger partial charge in [-0.05, 0) is 36.8 Å². The quantitative estimate of drug-likeness (QED) is 0.743. The number of nitrogens with zero attached hydrogens (tertiary/aromatic N) is 2. The molecule has 13 heavy (non-hydrogen) atoms. The molecule has 0 saturated heterocycles. The van der Waals surface area contributed by atoms with E-state index in [4.69, 9.17) is 0 Å². The van der Waals surface area contributed by atoms with Crippen LogP contribution in [0.15, 0.2) is 18.3 Å². The van der Waals surface area contributed by atoms with Crippen LogP contribution in [0.3, 0.4) is 0 Å². The van der Waals surface area contributed by atoms with E-state index in [1.807, 2.05) is 12.1 Å². The van der Waals surface area contributed by atoms with E-state index in [1.54, 1.807) is 6.20 Å². The summed E-state index contributed by atoms with van der Waals surface area (Å²) in [5.41, 5.74) is 0.